The first-order chi connectivity index (χ1) is 16.6. The SMILES string of the molecule is COc1ccc([C@@H]2c3c(n(C)c4ccccc34)C(=O)N2CC(=O)NCCc2ccccc2)cc1. The topological polar surface area (TPSA) is 63.6 Å². The van der Waals surface area contributed by atoms with Gasteiger partial charge in [-0.3, -0.25) is 9.59 Å². The molecule has 1 N–H and O–H groups in total. The van der Waals surface area contributed by atoms with Gasteiger partial charge in [-0.2, -0.15) is 0 Å². The first-order valence-electron chi connectivity index (χ1n) is 11.4. The molecule has 1 aromatic heterocycles. The number of carbonyl (C=O) groups is 2. The monoisotopic (exact) mass is 453 g/mol. The van der Waals surface area contributed by atoms with E-state index < -0.39 is 0 Å². The van der Waals surface area contributed by atoms with Crippen molar-refractivity contribution in [3.8, 4) is 5.75 Å². The zero-order valence-electron chi connectivity index (χ0n) is 19.3. The number of aromatic nitrogens is 1. The number of carbonyl (C=O) groups excluding carboxylic acids is 2. The highest BCUT2D eigenvalue weighted by atomic mass is 16.5. The number of nitrogens with one attached hydrogen (secondary N) is 1. The minimum atomic E-state index is -0.348. The number of aryl methyl sites for hydroxylation is 1. The Kier molecular flexibility index (Phi) is 5.80. The second-order valence-corrected chi connectivity index (χ2v) is 8.53. The molecule has 6 heteroatoms. The molecule has 0 fully saturated rings. The molecule has 1 atom stereocenters. The molecule has 0 bridgehead atoms. The van der Waals surface area contributed by atoms with Crippen molar-refractivity contribution < 1.29 is 14.3 Å². The number of rotatable bonds is 7. The van der Waals surface area contributed by atoms with Gasteiger partial charge in [-0.15, -0.1) is 0 Å². The summed E-state index contributed by atoms with van der Waals surface area (Å²) in [7, 11) is 3.54. The molecule has 2 amide bonds. The number of benzene rings is 3. The van der Waals surface area contributed by atoms with Gasteiger partial charge in [-0.05, 0) is 35.7 Å². The van der Waals surface area contributed by atoms with Crippen LogP contribution >= 0.6 is 0 Å². The number of ether oxygens (including phenoxy) is 1. The van der Waals surface area contributed by atoms with Gasteiger partial charge < -0.3 is 19.5 Å². The summed E-state index contributed by atoms with van der Waals surface area (Å²) in [6.45, 7) is 0.515. The molecule has 1 aliphatic rings. The molecular formula is C28H27N3O3. The van der Waals surface area contributed by atoms with Gasteiger partial charge in [0.25, 0.3) is 5.91 Å². The molecule has 0 aliphatic carbocycles. The lowest BCUT2D eigenvalue weighted by Gasteiger charge is -2.26. The largest absolute Gasteiger partial charge is 0.497 e. The van der Waals surface area contributed by atoms with Crippen molar-refractivity contribution in [3.63, 3.8) is 0 Å². The van der Waals surface area contributed by atoms with Crippen LogP contribution in [-0.4, -0.2) is 41.5 Å². The number of para-hydroxylation sites is 1. The summed E-state index contributed by atoms with van der Waals surface area (Å²) in [5, 5.41) is 4.01. The van der Waals surface area contributed by atoms with Gasteiger partial charge in [0.15, 0.2) is 0 Å². The van der Waals surface area contributed by atoms with E-state index in [1.807, 2.05) is 90.5 Å². The summed E-state index contributed by atoms with van der Waals surface area (Å²) < 4.78 is 7.26. The van der Waals surface area contributed by atoms with Crippen LogP contribution in [0.3, 0.4) is 0 Å². The van der Waals surface area contributed by atoms with E-state index >= 15 is 0 Å². The van der Waals surface area contributed by atoms with Crippen LogP contribution in [0.4, 0.5) is 0 Å². The molecule has 0 saturated carbocycles. The molecule has 34 heavy (non-hydrogen) atoms. The fourth-order valence-electron chi connectivity index (χ4n) is 4.86. The minimum Gasteiger partial charge on any atom is -0.497 e. The normalized spacial score (nSPS) is 14.9. The van der Waals surface area contributed by atoms with E-state index in [1.54, 1.807) is 12.0 Å². The molecule has 0 saturated heterocycles. The second kappa shape index (κ2) is 9.06. The lowest BCUT2D eigenvalue weighted by Crippen LogP contribution is -2.40. The van der Waals surface area contributed by atoms with Gasteiger partial charge >= 0.3 is 0 Å². The maximum atomic E-state index is 13.6. The maximum Gasteiger partial charge on any atom is 0.272 e. The van der Waals surface area contributed by atoms with Gasteiger partial charge in [-0.25, -0.2) is 0 Å². The average molecular weight is 454 g/mol. The molecule has 0 unspecified atom stereocenters. The van der Waals surface area contributed by atoms with E-state index in [0.717, 1.165) is 39.8 Å². The van der Waals surface area contributed by atoms with Crippen molar-refractivity contribution in [1.82, 2.24) is 14.8 Å². The third-order valence-electron chi connectivity index (χ3n) is 6.52. The first kappa shape index (κ1) is 21.8. The zero-order valence-corrected chi connectivity index (χ0v) is 19.3. The Morgan fingerprint density at radius 2 is 1.68 bits per heavy atom. The van der Waals surface area contributed by atoms with Crippen molar-refractivity contribution in [2.45, 2.75) is 12.5 Å². The van der Waals surface area contributed by atoms with E-state index in [0.29, 0.717) is 12.2 Å². The van der Waals surface area contributed by atoms with Crippen molar-refractivity contribution in [3.05, 3.63) is 101 Å². The van der Waals surface area contributed by atoms with Crippen LogP contribution in [0.15, 0.2) is 78.9 Å². The van der Waals surface area contributed by atoms with Crippen molar-refractivity contribution >= 4 is 22.7 Å². The van der Waals surface area contributed by atoms with Crippen molar-refractivity contribution in [1.29, 1.82) is 0 Å². The van der Waals surface area contributed by atoms with Gasteiger partial charge in [0.1, 0.15) is 18.0 Å². The molecule has 172 valence electrons. The standard InChI is InChI=1S/C28H27N3O3/c1-30-23-11-7-6-10-22(23)25-26(20-12-14-21(34-2)15-13-20)31(28(33)27(25)30)18-24(32)29-17-16-19-8-4-3-5-9-19/h3-15,26H,16-18H2,1-2H3,(H,29,32)/t26-/m1/s1. The first-order valence-corrected chi connectivity index (χ1v) is 11.4. The Morgan fingerprint density at radius 1 is 0.971 bits per heavy atom. The molecule has 5 rings (SSSR count). The summed E-state index contributed by atoms with van der Waals surface area (Å²) in [6.07, 6.45) is 0.743. The smallest absolute Gasteiger partial charge is 0.272 e. The van der Waals surface area contributed by atoms with Gasteiger partial charge in [0, 0.05) is 30.1 Å². The van der Waals surface area contributed by atoms with E-state index in [9.17, 15) is 9.59 Å². The number of amides is 2. The van der Waals surface area contributed by atoms with E-state index in [1.165, 1.54) is 0 Å². The van der Waals surface area contributed by atoms with Crippen LogP contribution in [0.2, 0.25) is 0 Å². The highest BCUT2D eigenvalue weighted by molar-refractivity contribution is 6.07. The summed E-state index contributed by atoms with van der Waals surface area (Å²) in [4.78, 5) is 28.2. The fourth-order valence-corrected chi connectivity index (χ4v) is 4.86. The molecule has 0 radical (unpaired) electrons. The van der Waals surface area contributed by atoms with Gasteiger partial charge in [0.05, 0.1) is 13.2 Å². The highest BCUT2D eigenvalue weighted by Crippen LogP contribution is 2.43. The zero-order chi connectivity index (χ0) is 23.7. The van der Waals surface area contributed by atoms with Gasteiger partial charge in [-0.1, -0.05) is 60.7 Å². The van der Waals surface area contributed by atoms with Crippen molar-refractivity contribution in [2.24, 2.45) is 7.05 Å². The Labute approximate surface area is 198 Å². The van der Waals surface area contributed by atoms with Crippen LogP contribution in [0.1, 0.15) is 33.2 Å². The second-order valence-electron chi connectivity index (χ2n) is 8.53. The fraction of sp³-hybridized carbons (Fsp3) is 0.214. The predicted octanol–water partition coefficient (Wildman–Crippen LogP) is 4.09. The van der Waals surface area contributed by atoms with E-state index in [4.69, 9.17) is 4.74 Å². The third-order valence-corrected chi connectivity index (χ3v) is 6.52. The van der Waals surface area contributed by atoms with E-state index in [-0.39, 0.29) is 24.4 Å². The van der Waals surface area contributed by atoms with Crippen LogP contribution in [0, 0.1) is 0 Å². The summed E-state index contributed by atoms with van der Waals surface area (Å²) >= 11 is 0. The minimum absolute atomic E-state index is 0.00662. The predicted molar refractivity (Wildman–Crippen MR) is 132 cm³/mol. The van der Waals surface area contributed by atoms with Crippen LogP contribution < -0.4 is 10.1 Å². The van der Waals surface area contributed by atoms with Crippen LogP contribution in [0.5, 0.6) is 5.75 Å². The molecule has 2 heterocycles. The lowest BCUT2D eigenvalue weighted by atomic mass is 9.98. The molecule has 1 aliphatic heterocycles. The Hall–Kier alpha value is -4.06. The highest BCUT2D eigenvalue weighted by Gasteiger charge is 2.42. The lowest BCUT2D eigenvalue weighted by molar-refractivity contribution is -0.122. The summed E-state index contributed by atoms with van der Waals surface area (Å²) in [6, 6.07) is 25.4. The number of nitrogens with zero attached hydrogens (tertiary/aromatic N) is 2. The number of hydrogen-bond donors (Lipinski definition) is 1. The molecule has 6 nitrogen and oxygen atoms in total. The van der Waals surface area contributed by atoms with Crippen LogP contribution in [-0.2, 0) is 18.3 Å². The average Bonchev–Trinajstić information content (AvgIpc) is 3.32. The molecule has 0 spiro atoms. The maximum absolute atomic E-state index is 13.6. The number of methoxy groups -OCH3 is 1. The van der Waals surface area contributed by atoms with Crippen molar-refractivity contribution in [2.75, 3.05) is 20.2 Å². The third kappa shape index (κ3) is 3.81. The molecular weight excluding hydrogens is 426 g/mol. The molecule has 4 aromatic rings. The number of fused-ring (bicyclic) bond motifs is 3. The van der Waals surface area contributed by atoms with Crippen LogP contribution in [0.25, 0.3) is 10.9 Å². The Balaban J connectivity index is 1.44. The molecule has 3 aromatic carbocycles. The summed E-state index contributed by atoms with van der Waals surface area (Å²) in [5.74, 6) is 0.448. The van der Waals surface area contributed by atoms with Gasteiger partial charge in [0.2, 0.25) is 5.91 Å². The Morgan fingerprint density at radius 3 is 2.41 bits per heavy atom. The van der Waals surface area contributed by atoms with E-state index in [2.05, 4.69) is 5.32 Å². The number of hydrogen-bond acceptors (Lipinski definition) is 3. The quantitative estimate of drug-likeness (QED) is 0.458. The Bertz CT molecular complexity index is 1340. The summed E-state index contributed by atoms with van der Waals surface area (Å²) in [5.41, 5.74) is 4.70.